The lowest BCUT2D eigenvalue weighted by atomic mass is 9.81. The van der Waals surface area contributed by atoms with Crippen LogP contribution in [0.25, 0.3) is 22.2 Å². The number of pyridine rings is 1. The van der Waals surface area contributed by atoms with Crippen molar-refractivity contribution in [3.05, 3.63) is 95.8 Å². The standard InChI is InChI=1S/C33H25FN2O5/c34-22-11-7-19(8-12-22)28(37)17-41-33(40)25-16-27(35-26-4-2-1-3-24(25)26)18-9-13-23(14-10-18)36-31(38)29-20-5-6-21(15-20)30(29)32(36)39/h1-4,7-14,16,20-21,29-30H,5-6,15,17H2. The molecule has 2 amide bonds. The number of hydrogen-bond donors (Lipinski definition) is 0. The third kappa shape index (κ3) is 4.22. The Hall–Kier alpha value is -4.72. The molecule has 4 aromatic rings. The van der Waals surface area contributed by atoms with Crippen molar-refractivity contribution in [2.24, 2.45) is 23.7 Å². The maximum atomic E-state index is 13.2. The Morgan fingerprint density at radius 2 is 1.54 bits per heavy atom. The van der Waals surface area contributed by atoms with Gasteiger partial charge in [-0.2, -0.15) is 0 Å². The van der Waals surface area contributed by atoms with Gasteiger partial charge in [0.2, 0.25) is 11.8 Å². The molecule has 1 aromatic heterocycles. The molecule has 3 aliphatic rings. The van der Waals surface area contributed by atoms with Crippen LogP contribution in [0.5, 0.6) is 0 Å². The Morgan fingerprint density at radius 3 is 2.22 bits per heavy atom. The number of imide groups is 1. The first-order chi connectivity index (χ1) is 19.9. The van der Waals surface area contributed by atoms with Crippen molar-refractivity contribution in [3.63, 3.8) is 0 Å². The van der Waals surface area contributed by atoms with E-state index in [-0.39, 0.29) is 34.8 Å². The molecule has 1 saturated heterocycles. The molecular weight excluding hydrogens is 523 g/mol. The summed E-state index contributed by atoms with van der Waals surface area (Å²) in [6.45, 7) is -0.493. The zero-order valence-electron chi connectivity index (χ0n) is 22.0. The number of amides is 2. The normalized spacial score (nSPS) is 22.8. The number of halogens is 1. The van der Waals surface area contributed by atoms with E-state index in [1.165, 1.54) is 29.2 Å². The van der Waals surface area contributed by atoms with Crippen molar-refractivity contribution in [3.8, 4) is 11.3 Å². The predicted octanol–water partition coefficient (Wildman–Crippen LogP) is 5.62. The van der Waals surface area contributed by atoms with Crippen molar-refractivity contribution in [1.29, 1.82) is 0 Å². The number of carbonyl (C=O) groups is 4. The van der Waals surface area contributed by atoms with Gasteiger partial charge in [0.05, 0.1) is 34.3 Å². The second-order valence-electron chi connectivity index (χ2n) is 11.0. The van der Waals surface area contributed by atoms with Crippen LogP contribution in [0.2, 0.25) is 0 Å². The van der Waals surface area contributed by atoms with Crippen LogP contribution in [-0.2, 0) is 14.3 Å². The number of hydrogen-bond acceptors (Lipinski definition) is 6. The average molecular weight is 549 g/mol. The summed E-state index contributed by atoms with van der Waals surface area (Å²) in [4.78, 5) is 58.1. The van der Waals surface area contributed by atoms with Crippen molar-refractivity contribution in [1.82, 2.24) is 4.98 Å². The number of esters is 1. The number of benzene rings is 3. The van der Waals surface area contributed by atoms with E-state index in [9.17, 15) is 23.6 Å². The highest BCUT2D eigenvalue weighted by Gasteiger charge is 2.61. The fraction of sp³-hybridized carbons (Fsp3) is 0.242. The second-order valence-corrected chi connectivity index (χ2v) is 11.0. The van der Waals surface area contributed by atoms with Gasteiger partial charge in [0, 0.05) is 16.5 Å². The molecule has 7 rings (SSSR count). The van der Waals surface area contributed by atoms with Crippen LogP contribution in [0.4, 0.5) is 10.1 Å². The number of anilines is 1. The third-order valence-corrected chi connectivity index (χ3v) is 8.79. The Kier molecular flexibility index (Phi) is 5.99. The minimum Gasteiger partial charge on any atom is -0.454 e. The van der Waals surface area contributed by atoms with Crippen molar-refractivity contribution in [2.45, 2.75) is 19.3 Å². The van der Waals surface area contributed by atoms with E-state index in [0.717, 1.165) is 19.3 Å². The Labute approximate surface area is 234 Å². The molecule has 3 aromatic carbocycles. The quantitative estimate of drug-likeness (QED) is 0.177. The highest BCUT2D eigenvalue weighted by atomic mass is 19.1. The minimum atomic E-state index is -0.689. The molecule has 0 N–H and O–H groups in total. The first-order valence-electron chi connectivity index (χ1n) is 13.7. The monoisotopic (exact) mass is 548 g/mol. The lowest BCUT2D eigenvalue weighted by molar-refractivity contribution is -0.123. The summed E-state index contributed by atoms with van der Waals surface area (Å²) in [6, 6.07) is 20.8. The molecule has 2 aliphatic carbocycles. The molecule has 4 unspecified atom stereocenters. The molecule has 7 nitrogen and oxygen atoms in total. The number of carbonyl (C=O) groups excluding carboxylic acids is 4. The van der Waals surface area contributed by atoms with Crippen LogP contribution in [0, 0.1) is 29.5 Å². The van der Waals surface area contributed by atoms with Gasteiger partial charge in [-0.3, -0.25) is 19.3 Å². The summed E-state index contributed by atoms with van der Waals surface area (Å²) in [5.74, 6) is -1.53. The molecular formula is C33H25FN2O5. The maximum absolute atomic E-state index is 13.2. The maximum Gasteiger partial charge on any atom is 0.339 e. The van der Waals surface area contributed by atoms with Crippen molar-refractivity contribution in [2.75, 3.05) is 11.5 Å². The molecule has 4 atom stereocenters. The van der Waals surface area contributed by atoms with E-state index in [1.807, 2.05) is 6.07 Å². The lowest BCUT2D eigenvalue weighted by Gasteiger charge is -2.19. The number of Topliss-reactive ketones (excluding diaryl/α,β-unsaturated/α-hetero) is 1. The summed E-state index contributed by atoms with van der Waals surface area (Å²) in [5.41, 5.74) is 2.79. The molecule has 1 aliphatic heterocycles. The van der Waals surface area contributed by atoms with Gasteiger partial charge in [0.1, 0.15) is 5.82 Å². The Balaban J connectivity index is 1.14. The SMILES string of the molecule is O=C(COC(=O)c1cc(-c2ccc(N3C(=O)C4C5CCC(C5)C4C3=O)cc2)nc2ccccc12)c1ccc(F)cc1. The first-order valence-corrected chi connectivity index (χ1v) is 13.7. The average Bonchev–Trinajstić information content (AvgIpc) is 3.69. The van der Waals surface area contributed by atoms with Crippen molar-refractivity contribution >= 4 is 40.2 Å². The topological polar surface area (TPSA) is 93.6 Å². The molecule has 0 radical (unpaired) electrons. The van der Waals surface area contributed by atoms with Crippen LogP contribution in [0.1, 0.15) is 40.0 Å². The second kappa shape index (κ2) is 9.73. The predicted molar refractivity (Wildman–Crippen MR) is 148 cm³/mol. The van der Waals surface area contributed by atoms with Gasteiger partial charge in [-0.1, -0.05) is 30.3 Å². The molecule has 2 saturated carbocycles. The lowest BCUT2D eigenvalue weighted by Crippen LogP contribution is -2.32. The number of rotatable bonds is 6. The summed E-state index contributed by atoms with van der Waals surface area (Å²) >= 11 is 0. The molecule has 8 heteroatoms. The zero-order chi connectivity index (χ0) is 28.2. The van der Waals surface area contributed by atoms with Gasteiger partial charge in [-0.05, 0) is 79.6 Å². The number of ketones is 1. The number of aromatic nitrogens is 1. The Bertz CT molecular complexity index is 1710. The molecule has 204 valence electrons. The van der Waals surface area contributed by atoms with Gasteiger partial charge >= 0.3 is 5.97 Å². The van der Waals surface area contributed by atoms with Gasteiger partial charge < -0.3 is 4.74 Å². The highest BCUT2D eigenvalue weighted by Crippen LogP contribution is 2.56. The summed E-state index contributed by atoms with van der Waals surface area (Å²) in [6.07, 6.45) is 3.03. The fourth-order valence-electron chi connectivity index (χ4n) is 6.86. The summed E-state index contributed by atoms with van der Waals surface area (Å²) < 4.78 is 18.5. The van der Waals surface area contributed by atoms with Gasteiger partial charge in [0.15, 0.2) is 12.4 Å². The van der Waals surface area contributed by atoms with E-state index in [4.69, 9.17) is 9.72 Å². The van der Waals surface area contributed by atoms with E-state index < -0.39 is 24.2 Å². The zero-order valence-corrected chi connectivity index (χ0v) is 22.0. The van der Waals surface area contributed by atoms with Crippen LogP contribution >= 0.6 is 0 Å². The Morgan fingerprint density at radius 1 is 0.878 bits per heavy atom. The highest BCUT2D eigenvalue weighted by molar-refractivity contribution is 6.22. The molecule has 2 heterocycles. The fourth-order valence-corrected chi connectivity index (χ4v) is 6.86. The third-order valence-electron chi connectivity index (χ3n) is 8.79. The molecule has 41 heavy (non-hydrogen) atoms. The van der Waals surface area contributed by atoms with Crippen molar-refractivity contribution < 1.29 is 28.3 Å². The van der Waals surface area contributed by atoms with E-state index in [0.29, 0.717) is 39.7 Å². The summed E-state index contributed by atoms with van der Waals surface area (Å²) in [5, 5.41) is 0.571. The van der Waals surface area contributed by atoms with E-state index in [1.54, 1.807) is 48.5 Å². The summed E-state index contributed by atoms with van der Waals surface area (Å²) in [7, 11) is 0. The molecule has 2 bridgehead atoms. The number of fused-ring (bicyclic) bond motifs is 6. The smallest absolute Gasteiger partial charge is 0.339 e. The number of ether oxygens (including phenoxy) is 1. The van der Waals surface area contributed by atoms with E-state index in [2.05, 4.69) is 0 Å². The first kappa shape index (κ1) is 25.3. The van der Waals surface area contributed by atoms with Crippen LogP contribution in [0.15, 0.2) is 78.9 Å². The molecule has 3 fully saturated rings. The molecule has 0 spiro atoms. The largest absolute Gasteiger partial charge is 0.454 e. The van der Waals surface area contributed by atoms with Crippen LogP contribution < -0.4 is 4.90 Å². The number of nitrogens with zero attached hydrogens (tertiary/aromatic N) is 2. The van der Waals surface area contributed by atoms with Crippen LogP contribution in [0.3, 0.4) is 0 Å². The van der Waals surface area contributed by atoms with Gasteiger partial charge in [0.25, 0.3) is 0 Å². The van der Waals surface area contributed by atoms with Gasteiger partial charge in [-0.15, -0.1) is 0 Å². The number of para-hydroxylation sites is 1. The minimum absolute atomic E-state index is 0.0935. The van der Waals surface area contributed by atoms with Gasteiger partial charge in [-0.25, -0.2) is 14.2 Å². The van der Waals surface area contributed by atoms with E-state index >= 15 is 0 Å². The van der Waals surface area contributed by atoms with Crippen LogP contribution in [-0.4, -0.2) is 35.2 Å².